The lowest BCUT2D eigenvalue weighted by Gasteiger charge is -2.24. The van der Waals surface area contributed by atoms with Crippen LogP contribution >= 0.6 is 11.6 Å². The van der Waals surface area contributed by atoms with Gasteiger partial charge >= 0.3 is 0 Å². The highest BCUT2D eigenvalue weighted by atomic mass is 35.5. The molecule has 1 saturated heterocycles. The van der Waals surface area contributed by atoms with Gasteiger partial charge in [0.2, 0.25) is 0 Å². The van der Waals surface area contributed by atoms with Gasteiger partial charge in [0.25, 0.3) is 5.69 Å². The minimum atomic E-state index is -0.461. The van der Waals surface area contributed by atoms with Crippen molar-refractivity contribution in [2.24, 2.45) is 0 Å². The van der Waals surface area contributed by atoms with Crippen LogP contribution in [-0.4, -0.2) is 23.7 Å². The average molecular weight is 271 g/mol. The third kappa shape index (κ3) is 2.91. The number of hydrogen-bond donors (Lipinski definition) is 1. The quantitative estimate of drug-likeness (QED) is 0.674. The van der Waals surface area contributed by atoms with Crippen molar-refractivity contribution < 1.29 is 9.66 Å². The van der Waals surface area contributed by atoms with Crippen molar-refractivity contribution in [2.45, 2.75) is 25.4 Å². The number of nitro groups is 1. The molecule has 0 amide bonds. The van der Waals surface area contributed by atoms with Crippen LogP contribution in [0.3, 0.4) is 0 Å². The monoisotopic (exact) mass is 270 g/mol. The second-order valence-electron chi connectivity index (χ2n) is 4.68. The second kappa shape index (κ2) is 5.12. The zero-order valence-electron chi connectivity index (χ0n) is 10.1. The Kier molecular flexibility index (Phi) is 3.73. The zero-order valence-corrected chi connectivity index (χ0v) is 10.9. The van der Waals surface area contributed by atoms with Gasteiger partial charge in [0.05, 0.1) is 21.2 Å². The van der Waals surface area contributed by atoms with E-state index in [4.69, 9.17) is 16.3 Å². The number of anilines is 1. The summed E-state index contributed by atoms with van der Waals surface area (Å²) in [6, 6.07) is 4.41. The molecule has 0 spiro atoms. The highest BCUT2D eigenvalue weighted by Gasteiger charge is 2.29. The highest BCUT2D eigenvalue weighted by molar-refractivity contribution is 6.33. The highest BCUT2D eigenvalue weighted by Crippen LogP contribution is 2.29. The van der Waals surface area contributed by atoms with Crippen LogP contribution in [0.25, 0.3) is 0 Å². The Morgan fingerprint density at radius 1 is 1.61 bits per heavy atom. The summed E-state index contributed by atoms with van der Waals surface area (Å²) in [4.78, 5) is 10.1. The zero-order chi connectivity index (χ0) is 13.2. The standard InChI is InChI=1S/C12H15ClN2O3/c1-12(5-2-6-18-12)8-14-11-4-3-9(15(16)17)7-10(11)13/h3-4,7,14H,2,5-6,8H2,1H3. The molecule has 1 aromatic rings. The molecule has 1 N–H and O–H groups in total. The smallest absolute Gasteiger partial charge is 0.271 e. The van der Waals surface area contributed by atoms with Gasteiger partial charge in [-0.15, -0.1) is 0 Å². The minimum Gasteiger partial charge on any atom is -0.381 e. The van der Waals surface area contributed by atoms with E-state index in [0.717, 1.165) is 19.4 Å². The molecule has 98 valence electrons. The summed E-state index contributed by atoms with van der Waals surface area (Å²) in [5.74, 6) is 0. The lowest BCUT2D eigenvalue weighted by atomic mass is 10.0. The van der Waals surface area contributed by atoms with E-state index in [-0.39, 0.29) is 11.3 Å². The van der Waals surface area contributed by atoms with Crippen molar-refractivity contribution in [2.75, 3.05) is 18.5 Å². The fourth-order valence-corrected chi connectivity index (χ4v) is 2.26. The van der Waals surface area contributed by atoms with Crippen molar-refractivity contribution in [1.29, 1.82) is 0 Å². The number of non-ortho nitro benzene ring substituents is 1. The van der Waals surface area contributed by atoms with Crippen molar-refractivity contribution in [3.63, 3.8) is 0 Å². The molecule has 1 unspecified atom stereocenters. The molecular formula is C12H15ClN2O3. The van der Waals surface area contributed by atoms with E-state index in [1.807, 2.05) is 6.92 Å². The first-order chi connectivity index (χ1) is 8.50. The molecule has 1 heterocycles. The molecule has 1 fully saturated rings. The van der Waals surface area contributed by atoms with Crippen LogP contribution in [-0.2, 0) is 4.74 Å². The maximum atomic E-state index is 10.6. The summed E-state index contributed by atoms with van der Waals surface area (Å²) < 4.78 is 5.65. The van der Waals surface area contributed by atoms with Crippen molar-refractivity contribution in [3.05, 3.63) is 33.3 Å². The number of nitro benzene ring substituents is 1. The number of ether oxygens (including phenoxy) is 1. The van der Waals surface area contributed by atoms with Crippen LogP contribution in [0.5, 0.6) is 0 Å². The first kappa shape index (κ1) is 13.1. The Morgan fingerprint density at radius 2 is 2.39 bits per heavy atom. The molecule has 5 nitrogen and oxygen atoms in total. The molecule has 0 radical (unpaired) electrons. The first-order valence-corrected chi connectivity index (χ1v) is 6.20. The van der Waals surface area contributed by atoms with Gasteiger partial charge in [0.1, 0.15) is 0 Å². The van der Waals surface area contributed by atoms with Crippen LogP contribution in [0.2, 0.25) is 5.02 Å². The van der Waals surface area contributed by atoms with Crippen LogP contribution in [0, 0.1) is 10.1 Å². The Hall–Kier alpha value is -1.33. The number of nitrogens with zero attached hydrogens (tertiary/aromatic N) is 1. The molecular weight excluding hydrogens is 256 g/mol. The molecule has 1 aliphatic heterocycles. The summed E-state index contributed by atoms with van der Waals surface area (Å²) >= 11 is 6.00. The number of hydrogen-bond acceptors (Lipinski definition) is 4. The van der Waals surface area contributed by atoms with E-state index in [1.54, 1.807) is 6.07 Å². The van der Waals surface area contributed by atoms with Gasteiger partial charge in [0.15, 0.2) is 0 Å². The Labute approximate surface area is 110 Å². The Morgan fingerprint density at radius 3 is 2.94 bits per heavy atom. The largest absolute Gasteiger partial charge is 0.381 e. The summed E-state index contributed by atoms with van der Waals surface area (Å²) in [7, 11) is 0. The summed E-state index contributed by atoms with van der Waals surface area (Å²) in [6.07, 6.45) is 2.07. The van der Waals surface area contributed by atoms with Gasteiger partial charge in [-0.2, -0.15) is 0 Å². The van der Waals surface area contributed by atoms with Gasteiger partial charge in [0, 0.05) is 25.3 Å². The predicted molar refractivity (Wildman–Crippen MR) is 70.2 cm³/mol. The molecule has 1 aromatic carbocycles. The number of halogens is 1. The van der Waals surface area contributed by atoms with E-state index < -0.39 is 4.92 Å². The van der Waals surface area contributed by atoms with Gasteiger partial charge in [-0.25, -0.2) is 0 Å². The lowest BCUT2D eigenvalue weighted by Crippen LogP contribution is -2.32. The van der Waals surface area contributed by atoms with E-state index in [1.165, 1.54) is 12.1 Å². The fourth-order valence-electron chi connectivity index (χ4n) is 2.02. The molecule has 0 bridgehead atoms. The maximum absolute atomic E-state index is 10.6. The van der Waals surface area contributed by atoms with Gasteiger partial charge in [-0.3, -0.25) is 10.1 Å². The molecule has 18 heavy (non-hydrogen) atoms. The van der Waals surface area contributed by atoms with Crippen molar-refractivity contribution in [1.82, 2.24) is 0 Å². The van der Waals surface area contributed by atoms with E-state index in [0.29, 0.717) is 17.3 Å². The molecule has 0 saturated carbocycles. The molecule has 2 rings (SSSR count). The topological polar surface area (TPSA) is 64.4 Å². The van der Waals surface area contributed by atoms with E-state index in [2.05, 4.69) is 5.32 Å². The Bertz CT molecular complexity index is 459. The van der Waals surface area contributed by atoms with Gasteiger partial charge in [-0.05, 0) is 25.8 Å². The first-order valence-electron chi connectivity index (χ1n) is 5.82. The van der Waals surface area contributed by atoms with Gasteiger partial charge in [-0.1, -0.05) is 11.6 Å². The number of nitrogens with one attached hydrogen (secondary N) is 1. The SMILES string of the molecule is CC1(CNc2ccc([N+](=O)[O-])cc2Cl)CCCO1. The van der Waals surface area contributed by atoms with Crippen LogP contribution in [0.1, 0.15) is 19.8 Å². The second-order valence-corrected chi connectivity index (χ2v) is 5.08. The predicted octanol–water partition coefficient (Wildman–Crippen LogP) is 3.23. The van der Waals surface area contributed by atoms with Crippen LogP contribution in [0.4, 0.5) is 11.4 Å². The number of benzene rings is 1. The number of rotatable bonds is 4. The fraction of sp³-hybridized carbons (Fsp3) is 0.500. The average Bonchev–Trinajstić information content (AvgIpc) is 2.75. The van der Waals surface area contributed by atoms with E-state index in [9.17, 15) is 10.1 Å². The third-order valence-electron chi connectivity index (χ3n) is 3.12. The van der Waals surface area contributed by atoms with Crippen molar-refractivity contribution in [3.8, 4) is 0 Å². The molecule has 0 aromatic heterocycles. The van der Waals surface area contributed by atoms with E-state index >= 15 is 0 Å². The van der Waals surface area contributed by atoms with Gasteiger partial charge < -0.3 is 10.1 Å². The molecule has 6 heteroatoms. The third-order valence-corrected chi connectivity index (χ3v) is 3.43. The minimum absolute atomic E-state index is 0.00567. The summed E-state index contributed by atoms with van der Waals surface area (Å²) in [6.45, 7) is 3.48. The normalized spacial score (nSPS) is 23.0. The molecule has 1 aliphatic rings. The van der Waals surface area contributed by atoms with Crippen molar-refractivity contribution >= 4 is 23.0 Å². The summed E-state index contributed by atoms with van der Waals surface area (Å²) in [5, 5.41) is 14.1. The lowest BCUT2D eigenvalue weighted by molar-refractivity contribution is -0.384. The molecule has 1 atom stereocenters. The van der Waals surface area contributed by atoms with Crippen LogP contribution < -0.4 is 5.32 Å². The summed E-state index contributed by atoms with van der Waals surface area (Å²) in [5.41, 5.74) is 0.512. The Balaban J connectivity index is 2.03. The van der Waals surface area contributed by atoms with Crippen LogP contribution in [0.15, 0.2) is 18.2 Å². The maximum Gasteiger partial charge on any atom is 0.271 e. The molecule has 0 aliphatic carbocycles.